The lowest BCUT2D eigenvalue weighted by molar-refractivity contribution is -0.157. The summed E-state index contributed by atoms with van der Waals surface area (Å²) in [7, 11) is 0. The Hall–Kier alpha value is -1.86. The van der Waals surface area contributed by atoms with Crippen molar-refractivity contribution in [2.45, 2.75) is 6.42 Å². The minimum Gasteiger partial charge on any atom is -0.484 e. The van der Waals surface area contributed by atoms with Crippen LogP contribution in [0.1, 0.15) is 6.42 Å². The Kier molecular flexibility index (Phi) is 4.64. The lowest BCUT2D eigenvalue weighted by Crippen LogP contribution is -2.45. The van der Waals surface area contributed by atoms with Crippen LogP contribution in [0.4, 0.5) is 4.39 Å². The molecule has 1 amide bonds. The summed E-state index contributed by atoms with van der Waals surface area (Å²) in [6.45, 7) is 0.951. The minimum absolute atomic E-state index is 0.0888. The summed E-state index contributed by atoms with van der Waals surface area (Å²) < 4.78 is 23.8. The summed E-state index contributed by atoms with van der Waals surface area (Å²) in [5.41, 5.74) is -0.937. The third-order valence-corrected chi connectivity index (χ3v) is 5.03. The number of rotatable bonds is 4. The summed E-state index contributed by atoms with van der Waals surface area (Å²) in [6.07, 6.45) is 0.394. The van der Waals surface area contributed by atoms with Crippen LogP contribution in [0.25, 0.3) is 0 Å². The predicted molar refractivity (Wildman–Crippen MR) is 82.5 cm³/mol. The van der Waals surface area contributed by atoms with Gasteiger partial charge in [-0.3, -0.25) is 9.59 Å². The lowest BCUT2D eigenvalue weighted by Gasteiger charge is -2.33. The number of fused-ring (bicyclic) bond motifs is 1. The van der Waals surface area contributed by atoms with Crippen LogP contribution in [0.3, 0.4) is 0 Å². The molecule has 2 aliphatic rings. The summed E-state index contributed by atoms with van der Waals surface area (Å²) in [6, 6.07) is 3.83. The zero-order valence-electron chi connectivity index (χ0n) is 12.8. The highest BCUT2D eigenvalue weighted by atomic mass is 35.5. The van der Waals surface area contributed by atoms with Gasteiger partial charge in [-0.05, 0) is 18.6 Å². The molecule has 0 aromatic heterocycles. The number of amides is 1. The second-order valence-electron chi connectivity index (χ2n) is 6.12. The zero-order valence-corrected chi connectivity index (χ0v) is 13.6. The number of benzene rings is 1. The topological polar surface area (TPSA) is 76.1 Å². The Labute approximate surface area is 143 Å². The smallest absolute Gasteiger partial charge is 0.311 e. The fourth-order valence-electron chi connectivity index (χ4n) is 3.29. The Morgan fingerprint density at radius 2 is 2.29 bits per heavy atom. The highest BCUT2D eigenvalue weighted by molar-refractivity contribution is 6.30. The Morgan fingerprint density at radius 1 is 1.50 bits per heavy atom. The fourth-order valence-corrected chi connectivity index (χ4v) is 3.46. The first-order valence-corrected chi connectivity index (χ1v) is 7.97. The average Bonchev–Trinajstić information content (AvgIpc) is 2.97. The number of hydrogen-bond donors (Lipinski definition) is 1. The van der Waals surface area contributed by atoms with Gasteiger partial charge in [-0.1, -0.05) is 11.6 Å². The molecule has 24 heavy (non-hydrogen) atoms. The van der Waals surface area contributed by atoms with Crippen LogP contribution in [-0.4, -0.2) is 54.8 Å². The number of carbonyl (C=O) groups excluding carboxylic acids is 1. The summed E-state index contributed by atoms with van der Waals surface area (Å²) in [5, 5.41) is 9.50. The molecule has 0 unspecified atom stereocenters. The monoisotopic (exact) mass is 357 g/mol. The van der Waals surface area contributed by atoms with Gasteiger partial charge < -0.3 is 19.5 Å². The van der Waals surface area contributed by atoms with Crippen LogP contribution >= 0.6 is 11.6 Å². The predicted octanol–water partition coefficient (Wildman–Crippen LogP) is 1.81. The number of ether oxygens (including phenoxy) is 2. The highest BCUT2D eigenvalue weighted by Gasteiger charge is 2.54. The molecule has 1 N–H and O–H groups in total. The van der Waals surface area contributed by atoms with Gasteiger partial charge in [0.2, 0.25) is 0 Å². The molecule has 0 saturated carbocycles. The number of nitrogens with zero attached hydrogens (tertiary/aromatic N) is 1. The number of carboxylic acids is 1. The molecule has 2 heterocycles. The number of carboxylic acid groups (broad SMARTS) is 1. The quantitative estimate of drug-likeness (QED) is 0.889. The molecule has 3 rings (SSSR count). The molecule has 0 bridgehead atoms. The maximum Gasteiger partial charge on any atom is 0.311 e. The van der Waals surface area contributed by atoms with Crippen molar-refractivity contribution in [1.82, 2.24) is 4.90 Å². The molecule has 0 radical (unpaired) electrons. The van der Waals surface area contributed by atoms with Crippen molar-refractivity contribution >= 4 is 23.5 Å². The first kappa shape index (κ1) is 17.0. The number of hydrogen-bond acceptors (Lipinski definition) is 4. The second-order valence-corrected chi connectivity index (χ2v) is 6.53. The molecule has 130 valence electrons. The number of carbonyl (C=O) groups is 2. The molecule has 6 nitrogen and oxygen atoms in total. The summed E-state index contributed by atoms with van der Waals surface area (Å²) >= 11 is 5.66. The first-order valence-electron chi connectivity index (χ1n) is 7.59. The first-order chi connectivity index (χ1) is 11.4. The van der Waals surface area contributed by atoms with Gasteiger partial charge in [-0.2, -0.15) is 0 Å². The molecule has 2 aliphatic heterocycles. The van der Waals surface area contributed by atoms with E-state index in [1.807, 2.05) is 0 Å². The summed E-state index contributed by atoms with van der Waals surface area (Å²) in [4.78, 5) is 25.5. The zero-order chi connectivity index (χ0) is 17.3. The van der Waals surface area contributed by atoms with E-state index >= 15 is 0 Å². The van der Waals surface area contributed by atoms with E-state index in [0.29, 0.717) is 26.2 Å². The van der Waals surface area contributed by atoms with Crippen molar-refractivity contribution in [2.24, 2.45) is 11.3 Å². The molecular formula is C16H17ClFNO5. The Morgan fingerprint density at radius 3 is 2.96 bits per heavy atom. The van der Waals surface area contributed by atoms with E-state index < -0.39 is 17.2 Å². The van der Waals surface area contributed by atoms with Crippen LogP contribution in [0.15, 0.2) is 18.2 Å². The van der Waals surface area contributed by atoms with Gasteiger partial charge in [0, 0.05) is 31.7 Å². The number of halogens is 2. The molecule has 1 aromatic carbocycles. The van der Waals surface area contributed by atoms with Crippen molar-refractivity contribution in [3.8, 4) is 5.75 Å². The molecule has 2 atom stereocenters. The standard InChI is InChI=1S/C16H17ClFNO5/c17-12-5-11(1-2-13(12)18)24-8-14(20)19-6-10-7-23-4-3-16(10,9-19)15(21)22/h1-2,5,10H,3-4,6-9H2,(H,21,22)/t10-,16+/m0/s1. The van der Waals surface area contributed by atoms with E-state index in [2.05, 4.69) is 0 Å². The largest absolute Gasteiger partial charge is 0.484 e. The van der Waals surface area contributed by atoms with Crippen molar-refractivity contribution in [1.29, 1.82) is 0 Å². The van der Waals surface area contributed by atoms with Crippen molar-refractivity contribution in [2.75, 3.05) is 32.9 Å². The third kappa shape index (κ3) is 3.06. The maximum absolute atomic E-state index is 13.1. The van der Waals surface area contributed by atoms with E-state index in [1.54, 1.807) is 0 Å². The Balaban J connectivity index is 1.63. The van der Waals surface area contributed by atoms with Gasteiger partial charge in [0.25, 0.3) is 5.91 Å². The Bertz CT molecular complexity index is 670. The maximum atomic E-state index is 13.1. The van der Waals surface area contributed by atoms with Crippen molar-refractivity contribution in [3.05, 3.63) is 29.0 Å². The van der Waals surface area contributed by atoms with Gasteiger partial charge >= 0.3 is 5.97 Å². The van der Waals surface area contributed by atoms with Crippen LogP contribution < -0.4 is 4.74 Å². The molecule has 8 heteroatoms. The van der Waals surface area contributed by atoms with Crippen LogP contribution in [0.5, 0.6) is 5.75 Å². The minimum atomic E-state index is -0.937. The lowest BCUT2D eigenvalue weighted by atomic mass is 9.74. The van der Waals surface area contributed by atoms with Gasteiger partial charge in [0.05, 0.1) is 17.0 Å². The van der Waals surface area contributed by atoms with Crippen LogP contribution in [0, 0.1) is 17.2 Å². The van der Waals surface area contributed by atoms with Gasteiger partial charge in [0.15, 0.2) is 6.61 Å². The van der Waals surface area contributed by atoms with Gasteiger partial charge in [-0.15, -0.1) is 0 Å². The molecule has 2 fully saturated rings. The fraction of sp³-hybridized carbons (Fsp3) is 0.500. The SMILES string of the molecule is O=C(COc1ccc(F)c(Cl)c1)N1C[C@H]2COCC[C@@]2(C(=O)O)C1. The third-order valence-electron chi connectivity index (χ3n) is 4.74. The van der Waals surface area contributed by atoms with E-state index in [-0.39, 0.29) is 35.7 Å². The number of aliphatic carboxylic acids is 1. The van der Waals surface area contributed by atoms with E-state index in [1.165, 1.54) is 17.0 Å². The highest BCUT2D eigenvalue weighted by Crippen LogP contribution is 2.42. The molecule has 0 aliphatic carbocycles. The second kappa shape index (κ2) is 6.57. The van der Waals surface area contributed by atoms with Crippen LogP contribution in [-0.2, 0) is 14.3 Å². The number of likely N-dealkylation sites (tertiary alicyclic amines) is 1. The van der Waals surface area contributed by atoms with E-state index in [9.17, 15) is 19.1 Å². The van der Waals surface area contributed by atoms with E-state index in [4.69, 9.17) is 21.1 Å². The van der Waals surface area contributed by atoms with Crippen molar-refractivity contribution < 1.29 is 28.6 Å². The van der Waals surface area contributed by atoms with E-state index in [0.717, 1.165) is 6.07 Å². The van der Waals surface area contributed by atoms with Crippen LogP contribution in [0.2, 0.25) is 5.02 Å². The molecular weight excluding hydrogens is 341 g/mol. The van der Waals surface area contributed by atoms with Gasteiger partial charge in [0.1, 0.15) is 11.6 Å². The molecule has 1 aromatic rings. The van der Waals surface area contributed by atoms with Gasteiger partial charge in [-0.25, -0.2) is 4.39 Å². The summed E-state index contributed by atoms with van der Waals surface area (Å²) in [5.74, 6) is -1.71. The molecule has 0 spiro atoms. The molecule has 2 saturated heterocycles. The average molecular weight is 358 g/mol. The normalized spacial score (nSPS) is 26.1. The van der Waals surface area contributed by atoms with Crippen molar-refractivity contribution in [3.63, 3.8) is 0 Å².